The van der Waals surface area contributed by atoms with Crippen molar-refractivity contribution in [1.82, 2.24) is 16.0 Å². The van der Waals surface area contributed by atoms with E-state index in [-0.39, 0.29) is 24.4 Å². The van der Waals surface area contributed by atoms with E-state index < -0.39 is 0 Å². The first-order valence-electron chi connectivity index (χ1n) is 5.81. The van der Waals surface area contributed by atoms with Gasteiger partial charge >= 0.3 is 0 Å². The topological polar surface area (TPSA) is 94.0 Å². The number of amides is 2. The molecule has 6 nitrogen and oxygen atoms in total. The Morgan fingerprint density at radius 2 is 2.18 bits per heavy atom. The highest BCUT2D eigenvalue weighted by molar-refractivity contribution is 5.83. The third-order valence-electron chi connectivity index (χ3n) is 2.44. The summed E-state index contributed by atoms with van der Waals surface area (Å²) < 4.78 is 0. The van der Waals surface area contributed by atoms with Crippen LogP contribution < -0.4 is 16.0 Å². The quantitative estimate of drug-likeness (QED) is 0.510. The molecule has 1 aliphatic carbocycles. The van der Waals surface area contributed by atoms with Crippen molar-refractivity contribution in [3.63, 3.8) is 0 Å². The Labute approximate surface area is 101 Å². The van der Waals surface area contributed by atoms with Crippen LogP contribution >= 0.6 is 0 Å². The van der Waals surface area contributed by atoms with Crippen LogP contribution in [0.25, 0.3) is 0 Å². The van der Waals surface area contributed by atoms with E-state index in [1.807, 2.05) is 6.07 Å². The average Bonchev–Trinajstić information content (AvgIpc) is 3.10. The molecule has 1 rings (SSSR count). The Bertz CT molecular complexity index is 320. The molecule has 0 aromatic heterocycles. The van der Waals surface area contributed by atoms with Gasteiger partial charge in [0.15, 0.2) is 0 Å². The van der Waals surface area contributed by atoms with Gasteiger partial charge in [0.1, 0.15) is 0 Å². The van der Waals surface area contributed by atoms with Crippen molar-refractivity contribution in [2.45, 2.75) is 38.3 Å². The smallest absolute Gasteiger partial charge is 0.237 e. The van der Waals surface area contributed by atoms with Crippen molar-refractivity contribution in [3.05, 3.63) is 0 Å². The number of nitrogens with one attached hydrogen (secondary N) is 3. The van der Waals surface area contributed by atoms with Gasteiger partial charge in [0, 0.05) is 12.6 Å². The van der Waals surface area contributed by atoms with Crippen LogP contribution in [0.5, 0.6) is 0 Å². The molecule has 0 saturated heterocycles. The predicted molar refractivity (Wildman–Crippen MR) is 61.9 cm³/mol. The minimum atomic E-state index is -0.377. The number of hydrogen-bond donors (Lipinski definition) is 3. The number of nitrogens with zero attached hydrogens (tertiary/aromatic N) is 1. The Morgan fingerprint density at radius 3 is 2.76 bits per heavy atom. The van der Waals surface area contributed by atoms with Crippen molar-refractivity contribution in [2.24, 2.45) is 0 Å². The average molecular weight is 238 g/mol. The van der Waals surface area contributed by atoms with Crippen LogP contribution in [-0.2, 0) is 9.59 Å². The van der Waals surface area contributed by atoms with Gasteiger partial charge in [-0.15, -0.1) is 0 Å². The van der Waals surface area contributed by atoms with Crippen LogP contribution in [0.3, 0.4) is 0 Å². The molecule has 94 valence electrons. The van der Waals surface area contributed by atoms with E-state index in [0.717, 1.165) is 12.8 Å². The first-order valence-corrected chi connectivity index (χ1v) is 5.81. The van der Waals surface area contributed by atoms with E-state index >= 15 is 0 Å². The summed E-state index contributed by atoms with van der Waals surface area (Å²) in [5.74, 6) is -0.274. The molecule has 0 aromatic carbocycles. The fraction of sp³-hybridized carbons (Fsp3) is 0.727. The summed E-state index contributed by atoms with van der Waals surface area (Å²) in [6.45, 7) is 2.16. The lowest BCUT2D eigenvalue weighted by Gasteiger charge is -2.13. The number of hydrogen-bond acceptors (Lipinski definition) is 4. The highest BCUT2D eigenvalue weighted by atomic mass is 16.2. The van der Waals surface area contributed by atoms with Crippen LogP contribution in [0.1, 0.15) is 26.2 Å². The summed E-state index contributed by atoms with van der Waals surface area (Å²) >= 11 is 0. The van der Waals surface area contributed by atoms with Gasteiger partial charge in [-0.1, -0.05) is 0 Å². The van der Waals surface area contributed by atoms with Crippen LogP contribution in [0, 0.1) is 11.3 Å². The van der Waals surface area contributed by atoms with Gasteiger partial charge < -0.3 is 10.6 Å². The second-order valence-corrected chi connectivity index (χ2v) is 4.14. The van der Waals surface area contributed by atoms with Gasteiger partial charge in [-0.05, 0) is 19.8 Å². The lowest BCUT2D eigenvalue weighted by atomic mass is 10.3. The summed E-state index contributed by atoms with van der Waals surface area (Å²) in [7, 11) is 0. The molecule has 0 aromatic rings. The molecule has 0 radical (unpaired) electrons. The van der Waals surface area contributed by atoms with Crippen molar-refractivity contribution in [1.29, 1.82) is 5.26 Å². The van der Waals surface area contributed by atoms with Gasteiger partial charge in [0.25, 0.3) is 0 Å². The molecular weight excluding hydrogens is 220 g/mol. The summed E-state index contributed by atoms with van der Waals surface area (Å²) in [6.07, 6.45) is 2.39. The van der Waals surface area contributed by atoms with E-state index in [1.165, 1.54) is 0 Å². The monoisotopic (exact) mass is 238 g/mol. The Hall–Kier alpha value is -1.61. The van der Waals surface area contributed by atoms with E-state index in [4.69, 9.17) is 5.26 Å². The molecule has 2 amide bonds. The molecule has 1 aliphatic rings. The number of carbonyl (C=O) groups is 2. The first kappa shape index (κ1) is 13.5. The van der Waals surface area contributed by atoms with Crippen LogP contribution in [-0.4, -0.2) is 37.0 Å². The van der Waals surface area contributed by atoms with E-state index in [9.17, 15) is 9.59 Å². The SMILES string of the molecule is CC(NCC(=O)NCCC#N)C(=O)NC1CC1. The third-order valence-corrected chi connectivity index (χ3v) is 2.44. The minimum absolute atomic E-state index is 0.0719. The molecule has 0 aliphatic heterocycles. The minimum Gasteiger partial charge on any atom is -0.354 e. The Morgan fingerprint density at radius 1 is 1.47 bits per heavy atom. The molecule has 6 heteroatoms. The van der Waals surface area contributed by atoms with Gasteiger partial charge in [0.05, 0.1) is 25.1 Å². The second-order valence-electron chi connectivity index (χ2n) is 4.14. The molecule has 1 unspecified atom stereocenters. The van der Waals surface area contributed by atoms with E-state index in [2.05, 4.69) is 16.0 Å². The molecule has 17 heavy (non-hydrogen) atoms. The summed E-state index contributed by atoms with van der Waals surface area (Å²) in [5, 5.41) is 16.6. The summed E-state index contributed by atoms with van der Waals surface area (Å²) in [4.78, 5) is 22.8. The normalized spacial score (nSPS) is 15.8. The molecule has 1 fully saturated rings. The maximum Gasteiger partial charge on any atom is 0.237 e. The number of nitriles is 1. The zero-order valence-corrected chi connectivity index (χ0v) is 9.95. The molecule has 0 heterocycles. The number of carbonyl (C=O) groups excluding carboxylic acids is 2. The molecular formula is C11H18N4O2. The fourth-order valence-electron chi connectivity index (χ4n) is 1.21. The molecule has 3 N–H and O–H groups in total. The van der Waals surface area contributed by atoms with Crippen LogP contribution in [0.15, 0.2) is 0 Å². The standard InChI is InChI=1S/C11H18N4O2/c1-8(11(17)15-9-3-4-9)14-7-10(16)13-6-2-5-12/h8-9,14H,2-4,6-7H2,1H3,(H,13,16)(H,15,17). The summed E-state index contributed by atoms with van der Waals surface area (Å²) in [6, 6.07) is 1.89. The highest BCUT2D eigenvalue weighted by Gasteiger charge is 2.25. The lowest BCUT2D eigenvalue weighted by molar-refractivity contribution is -0.123. The van der Waals surface area contributed by atoms with Crippen molar-refractivity contribution in [3.8, 4) is 6.07 Å². The summed E-state index contributed by atoms with van der Waals surface area (Å²) in [5.41, 5.74) is 0. The van der Waals surface area contributed by atoms with Crippen LogP contribution in [0.2, 0.25) is 0 Å². The molecule has 0 bridgehead atoms. The maximum absolute atomic E-state index is 11.5. The zero-order chi connectivity index (χ0) is 12.7. The van der Waals surface area contributed by atoms with Crippen molar-refractivity contribution in [2.75, 3.05) is 13.1 Å². The van der Waals surface area contributed by atoms with Crippen molar-refractivity contribution >= 4 is 11.8 Å². The van der Waals surface area contributed by atoms with Crippen molar-refractivity contribution < 1.29 is 9.59 Å². The third kappa shape index (κ3) is 5.88. The molecule has 1 atom stereocenters. The van der Waals surface area contributed by atoms with Gasteiger partial charge in [-0.25, -0.2) is 0 Å². The van der Waals surface area contributed by atoms with Gasteiger partial charge in [-0.3, -0.25) is 14.9 Å². The predicted octanol–water partition coefficient (Wildman–Crippen LogP) is -0.727. The van der Waals surface area contributed by atoms with Crippen LogP contribution in [0.4, 0.5) is 0 Å². The highest BCUT2D eigenvalue weighted by Crippen LogP contribution is 2.18. The Balaban J connectivity index is 2.09. The first-order chi connectivity index (χ1) is 8.13. The van der Waals surface area contributed by atoms with E-state index in [0.29, 0.717) is 19.0 Å². The van der Waals surface area contributed by atoms with Gasteiger partial charge in [-0.2, -0.15) is 5.26 Å². The van der Waals surface area contributed by atoms with Gasteiger partial charge in [0.2, 0.25) is 11.8 Å². The fourth-order valence-corrected chi connectivity index (χ4v) is 1.21. The lowest BCUT2D eigenvalue weighted by Crippen LogP contribution is -2.46. The zero-order valence-electron chi connectivity index (χ0n) is 9.95. The largest absolute Gasteiger partial charge is 0.354 e. The molecule has 0 spiro atoms. The maximum atomic E-state index is 11.5. The number of rotatable bonds is 7. The Kier molecular flexibility index (Phi) is 5.43. The molecule has 1 saturated carbocycles. The van der Waals surface area contributed by atoms with E-state index in [1.54, 1.807) is 6.92 Å². The second kappa shape index (κ2) is 6.86.